The number of nitrogens with zero attached hydrogens (tertiary/aromatic N) is 2. The summed E-state index contributed by atoms with van der Waals surface area (Å²) in [6.45, 7) is 1.54. The van der Waals surface area contributed by atoms with Gasteiger partial charge in [-0.25, -0.2) is 4.98 Å². The minimum atomic E-state index is -0.588. The van der Waals surface area contributed by atoms with Crippen molar-refractivity contribution < 1.29 is 9.13 Å². The highest BCUT2D eigenvalue weighted by atomic mass is 79.9. The van der Waals surface area contributed by atoms with Crippen LogP contribution in [-0.4, -0.2) is 9.97 Å². The molecule has 0 aliphatic rings. The van der Waals surface area contributed by atoms with Gasteiger partial charge in [0.05, 0.1) is 11.4 Å². The van der Waals surface area contributed by atoms with Gasteiger partial charge in [0.2, 0.25) is 5.82 Å². The molecule has 4 nitrogen and oxygen atoms in total. The second kappa shape index (κ2) is 4.67. The Labute approximate surface area is 106 Å². The van der Waals surface area contributed by atoms with Crippen LogP contribution in [0, 0.1) is 12.7 Å². The van der Waals surface area contributed by atoms with Gasteiger partial charge in [-0.05, 0) is 25.1 Å². The summed E-state index contributed by atoms with van der Waals surface area (Å²) in [5.41, 5.74) is 6.36. The molecule has 1 aromatic carbocycles. The van der Waals surface area contributed by atoms with E-state index in [1.165, 1.54) is 13.3 Å². The third-order valence-electron chi connectivity index (χ3n) is 2.11. The molecule has 0 bridgehead atoms. The number of aryl methyl sites for hydroxylation is 1. The number of nitrogens with two attached hydrogens (primary N) is 1. The van der Waals surface area contributed by atoms with E-state index in [0.717, 1.165) is 4.47 Å². The number of aromatic nitrogens is 2. The molecule has 0 amide bonds. The summed E-state index contributed by atoms with van der Waals surface area (Å²) in [5, 5.41) is 0. The van der Waals surface area contributed by atoms with Gasteiger partial charge in [-0.3, -0.25) is 0 Å². The Morgan fingerprint density at radius 3 is 2.82 bits per heavy atom. The van der Waals surface area contributed by atoms with Crippen LogP contribution < -0.4 is 10.5 Å². The molecule has 0 fully saturated rings. The molecule has 1 aromatic heterocycles. The van der Waals surface area contributed by atoms with Gasteiger partial charge in [-0.15, -0.1) is 0 Å². The molecule has 1 heterocycles. The van der Waals surface area contributed by atoms with Crippen LogP contribution in [0.25, 0.3) is 0 Å². The van der Waals surface area contributed by atoms with Gasteiger partial charge in [0.1, 0.15) is 6.33 Å². The minimum absolute atomic E-state index is 0.133. The highest BCUT2D eigenvalue weighted by Gasteiger charge is 2.11. The first kappa shape index (κ1) is 11.8. The molecule has 0 aliphatic heterocycles. The first-order chi connectivity index (χ1) is 8.08. The molecule has 0 unspecified atom stereocenters. The molecule has 17 heavy (non-hydrogen) atoms. The van der Waals surface area contributed by atoms with E-state index in [1.54, 1.807) is 18.2 Å². The average molecular weight is 298 g/mol. The second-order valence-electron chi connectivity index (χ2n) is 3.36. The lowest BCUT2D eigenvalue weighted by Gasteiger charge is -2.08. The Bertz CT molecular complexity index is 562. The summed E-state index contributed by atoms with van der Waals surface area (Å²) in [6.07, 6.45) is 1.24. The fraction of sp³-hybridized carbons (Fsp3) is 0.0909. The maximum atomic E-state index is 13.6. The third-order valence-corrected chi connectivity index (χ3v) is 2.60. The zero-order valence-electron chi connectivity index (χ0n) is 8.95. The van der Waals surface area contributed by atoms with E-state index in [4.69, 9.17) is 10.5 Å². The van der Waals surface area contributed by atoms with Crippen molar-refractivity contribution in [3.63, 3.8) is 0 Å². The Morgan fingerprint density at radius 2 is 2.12 bits per heavy atom. The largest absolute Gasteiger partial charge is 0.434 e. The van der Waals surface area contributed by atoms with E-state index in [1.807, 2.05) is 0 Å². The molecule has 2 aromatic rings. The minimum Gasteiger partial charge on any atom is -0.434 e. The fourth-order valence-electron chi connectivity index (χ4n) is 1.22. The van der Waals surface area contributed by atoms with Crippen molar-refractivity contribution in [3.05, 3.63) is 40.5 Å². The highest BCUT2D eigenvalue weighted by molar-refractivity contribution is 9.10. The summed E-state index contributed by atoms with van der Waals surface area (Å²) in [6, 6.07) is 5.05. The quantitative estimate of drug-likeness (QED) is 0.866. The lowest BCUT2D eigenvalue weighted by atomic mass is 10.3. The Hall–Kier alpha value is -1.69. The topological polar surface area (TPSA) is 61.0 Å². The van der Waals surface area contributed by atoms with Gasteiger partial charge in [-0.2, -0.15) is 9.37 Å². The Kier molecular flexibility index (Phi) is 3.23. The van der Waals surface area contributed by atoms with E-state index in [-0.39, 0.29) is 11.6 Å². The Morgan fingerprint density at radius 1 is 1.35 bits per heavy atom. The van der Waals surface area contributed by atoms with Crippen LogP contribution in [0.15, 0.2) is 29.0 Å². The molecule has 0 saturated carbocycles. The predicted molar refractivity (Wildman–Crippen MR) is 65.4 cm³/mol. The van der Waals surface area contributed by atoms with Crippen molar-refractivity contribution in [2.75, 3.05) is 5.73 Å². The van der Waals surface area contributed by atoms with Crippen LogP contribution in [0.5, 0.6) is 11.6 Å². The van der Waals surface area contributed by atoms with Gasteiger partial charge >= 0.3 is 0 Å². The molecule has 88 valence electrons. The summed E-state index contributed by atoms with van der Waals surface area (Å²) in [5.74, 6) is -0.369. The maximum absolute atomic E-state index is 13.6. The molecule has 0 radical (unpaired) electrons. The standard InChI is InChI=1S/C11H9BrFN3O/c1-6-10(13)11(16-5-15-6)17-9-3-2-7(12)4-8(9)14/h2-5H,14H2,1H3. The van der Waals surface area contributed by atoms with Crippen LogP contribution in [0.4, 0.5) is 10.1 Å². The Balaban J connectivity index is 2.35. The molecule has 2 N–H and O–H groups in total. The normalized spacial score (nSPS) is 10.3. The SMILES string of the molecule is Cc1ncnc(Oc2ccc(Br)cc2N)c1F. The van der Waals surface area contributed by atoms with Crippen LogP contribution in [-0.2, 0) is 0 Å². The van der Waals surface area contributed by atoms with E-state index < -0.39 is 5.82 Å². The summed E-state index contributed by atoms with van der Waals surface area (Å²) < 4.78 is 19.7. The van der Waals surface area contributed by atoms with Crippen LogP contribution in [0.3, 0.4) is 0 Å². The number of hydrogen-bond acceptors (Lipinski definition) is 4. The van der Waals surface area contributed by atoms with Gasteiger partial charge in [0, 0.05) is 4.47 Å². The maximum Gasteiger partial charge on any atom is 0.259 e. The smallest absolute Gasteiger partial charge is 0.259 e. The number of nitrogen functional groups attached to an aromatic ring is 1. The fourth-order valence-corrected chi connectivity index (χ4v) is 1.60. The van der Waals surface area contributed by atoms with E-state index >= 15 is 0 Å². The highest BCUT2D eigenvalue weighted by Crippen LogP contribution is 2.30. The van der Waals surface area contributed by atoms with Crippen molar-refractivity contribution in [3.8, 4) is 11.6 Å². The van der Waals surface area contributed by atoms with Crippen LogP contribution in [0.1, 0.15) is 5.69 Å². The molecular formula is C11H9BrFN3O. The van der Waals surface area contributed by atoms with Crippen molar-refractivity contribution in [2.24, 2.45) is 0 Å². The number of benzene rings is 1. The number of halogens is 2. The molecule has 2 rings (SSSR count). The first-order valence-corrected chi connectivity index (χ1v) is 5.57. The number of hydrogen-bond donors (Lipinski definition) is 1. The van der Waals surface area contributed by atoms with Crippen molar-refractivity contribution in [1.29, 1.82) is 0 Å². The van der Waals surface area contributed by atoms with E-state index in [0.29, 0.717) is 11.4 Å². The monoisotopic (exact) mass is 297 g/mol. The zero-order valence-corrected chi connectivity index (χ0v) is 10.5. The molecule has 0 spiro atoms. The molecule has 0 atom stereocenters. The van der Waals surface area contributed by atoms with Gasteiger partial charge in [0.25, 0.3) is 5.88 Å². The first-order valence-electron chi connectivity index (χ1n) is 4.78. The molecule has 0 saturated heterocycles. The van der Waals surface area contributed by atoms with Gasteiger partial charge < -0.3 is 10.5 Å². The van der Waals surface area contributed by atoms with Crippen molar-refractivity contribution >= 4 is 21.6 Å². The predicted octanol–water partition coefficient (Wildman–Crippen LogP) is 3.06. The molecule has 6 heteroatoms. The lowest BCUT2D eigenvalue weighted by Crippen LogP contribution is -1.98. The third kappa shape index (κ3) is 2.52. The summed E-state index contributed by atoms with van der Waals surface area (Å²) >= 11 is 3.27. The lowest BCUT2D eigenvalue weighted by molar-refractivity contribution is 0.418. The molecular weight excluding hydrogens is 289 g/mol. The van der Waals surface area contributed by atoms with Gasteiger partial charge in [0.15, 0.2) is 5.75 Å². The molecule has 0 aliphatic carbocycles. The van der Waals surface area contributed by atoms with E-state index in [9.17, 15) is 4.39 Å². The second-order valence-corrected chi connectivity index (χ2v) is 4.28. The summed E-state index contributed by atoms with van der Waals surface area (Å²) in [7, 11) is 0. The van der Waals surface area contributed by atoms with E-state index in [2.05, 4.69) is 25.9 Å². The van der Waals surface area contributed by atoms with Crippen molar-refractivity contribution in [1.82, 2.24) is 9.97 Å². The van der Waals surface area contributed by atoms with Crippen molar-refractivity contribution in [2.45, 2.75) is 6.92 Å². The van der Waals surface area contributed by atoms with Crippen LogP contribution in [0.2, 0.25) is 0 Å². The summed E-state index contributed by atoms with van der Waals surface area (Å²) in [4.78, 5) is 7.43. The number of anilines is 1. The average Bonchev–Trinajstić information content (AvgIpc) is 2.28. The zero-order chi connectivity index (χ0) is 12.4. The number of ether oxygens (including phenoxy) is 1. The van der Waals surface area contributed by atoms with Gasteiger partial charge in [-0.1, -0.05) is 15.9 Å². The van der Waals surface area contributed by atoms with Crippen LogP contribution >= 0.6 is 15.9 Å². The number of rotatable bonds is 2.